The van der Waals surface area contributed by atoms with Gasteiger partial charge in [0.25, 0.3) is 0 Å². The molecule has 1 aromatic heterocycles. The lowest BCUT2D eigenvalue weighted by atomic mass is 9.85. The topological polar surface area (TPSA) is 16.1 Å². The molecule has 1 aliphatic heterocycles. The molecule has 0 bridgehead atoms. The number of anilines is 1. The summed E-state index contributed by atoms with van der Waals surface area (Å²) in [5.41, 5.74) is 0.341. The van der Waals surface area contributed by atoms with Crippen LogP contribution < -0.4 is 4.90 Å². The van der Waals surface area contributed by atoms with Crippen LogP contribution in [-0.2, 0) is 0 Å². The van der Waals surface area contributed by atoms with Crippen LogP contribution >= 0.6 is 0 Å². The lowest BCUT2D eigenvalue weighted by molar-refractivity contribution is 0.319. The molecule has 0 aromatic carbocycles. The average molecular weight is 204 g/mol. The molecule has 2 heteroatoms. The second kappa shape index (κ2) is 3.84. The van der Waals surface area contributed by atoms with E-state index in [2.05, 4.69) is 42.8 Å². The lowest BCUT2D eigenvalue weighted by Gasteiger charge is -2.35. The first-order chi connectivity index (χ1) is 7.09. The van der Waals surface area contributed by atoms with Crippen LogP contribution in [0.25, 0.3) is 0 Å². The molecule has 1 atom stereocenters. The summed E-state index contributed by atoms with van der Waals surface area (Å²) in [6.45, 7) is 8.11. The van der Waals surface area contributed by atoms with Gasteiger partial charge in [0.15, 0.2) is 0 Å². The van der Waals surface area contributed by atoms with Crippen LogP contribution in [0.3, 0.4) is 0 Å². The number of hydrogen-bond donors (Lipinski definition) is 0. The highest BCUT2D eigenvalue weighted by Gasteiger charge is 2.34. The van der Waals surface area contributed by atoms with Gasteiger partial charge in [-0.25, -0.2) is 4.98 Å². The van der Waals surface area contributed by atoms with Gasteiger partial charge in [-0.2, -0.15) is 0 Å². The van der Waals surface area contributed by atoms with E-state index in [1.165, 1.54) is 12.8 Å². The molecule has 1 aliphatic rings. The van der Waals surface area contributed by atoms with Gasteiger partial charge in [-0.05, 0) is 30.4 Å². The third-order valence-corrected chi connectivity index (χ3v) is 3.20. The standard InChI is InChI=1S/C13H20N2/c1-13(2,3)11-7-6-10-15(11)12-8-4-5-9-14-12/h4-5,8-9,11H,6-7,10H2,1-3H3. The fourth-order valence-electron chi connectivity index (χ4n) is 2.47. The lowest BCUT2D eigenvalue weighted by Crippen LogP contribution is -2.39. The zero-order chi connectivity index (χ0) is 10.9. The molecule has 0 saturated carbocycles. The Labute approximate surface area is 92.3 Å². The van der Waals surface area contributed by atoms with Gasteiger partial charge in [0, 0.05) is 18.8 Å². The molecule has 2 rings (SSSR count). The normalized spacial score (nSPS) is 22.1. The van der Waals surface area contributed by atoms with Gasteiger partial charge < -0.3 is 4.90 Å². The van der Waals surface area contributed by atoms with Crippen molar-refractivity contribution in [2.24, 2.45) is 5.41 Å². The molecule has 0 radical (unpaired) electrons. The average Bonchev–Trinajstić information content (AvgIpc) is 2.67. The summed E-state index contributed by atoms with van der Waals surface area (Å²) < 4.78 is 0. The Hall–Kier alpha value is -1.05. The van der Waals surface area contributed by atoms with Crippen molar-refractivity contribution in [1.82, 2.24) is 4.98 Å². The smallest absolute Gasteiger partial charge is 0.128 e. The zero-order valence-electron chi connectivity index (χ0n) is 9.90. The summed E-state index contributed by atoms with van der Waals surface area (Å²) in [6, 6.07) is 6.79. The van der Waals surface area contributed by atoms with Crippen LogP contribution in [0.15, 0.2) is 24.4 Å². The monoisotopic (exact) mass is 204 g/mol. The largest absolute Gasteiger partial charge is 0.353 e. The minimum atomic E-state index is 0.341. The van der Waals surface area contributed by atoms with Gasteiger partial charge in [0.05, 0.1) is 0 Å². The van der Waals surface area contributed by atoms with E-state index in [-0.39, 0.29) is 0 Å². The Bertz CT molecular complexity index is 313. The molecule has 0 aliphatic carbocycles. The third kappa shape index (κ3) is 2.14. The van der Waals surface area contributed by atoms with Crippen molar-refractivity contribution in [1.29, 1.82) is 0 Å². The van der Waals surface area contributed by atoms with Crippen molar-refractivity contribution in [3.05, 3.63) is 24.4 Å². The Balaban J connectivity index is 2.23. The number of nitrogens with zero attached hydrogens (tertiary/aromatic N) is 2. The summed E-state index contributed by atoms with van der Waals surface area (Å²) in [7, 11) is 0. The van der Waals surface area contributed by atoms with Crippen LogP contribution in [-0.4, -0.2) is 17.6 Å². The minimum Gasteiger partial charge on any atom is -0.353 e. The molecule has 0 amide bonds. The summed E-state index contributed by atoms with van der Waals surface area (Å²) in [6.07, 6.45) is 4.46. The zero-order valence-corrected chi connectivity index (χ0v) is 9.90. The second-order valence-corrected chi connectivity index (χ2v) is 5.41. The molecule has 2 heterocycles. The van der Waals surface area contributed by atoms with Gasteiger partial charge >= 0.3 is 0 Å². The summed E-state index contributed by atoms with van der Waals surface area (Å²) >= 11 is 0. The molecule has 1 unspecified atom stereocenters. The highest BCUT2D eigenvalue weighted by molar-refractivity contribution is 5.41. The van der Waals surface area contributed by atoms with E-state index in [0.717, 1.165) is 12.4 Å². The van der Waals surface area contributed by atoms with Crippen LogP contribution in [0.4, 0.5) is 5.82 Å². The van der Waals surface area contributed by atoms with Crippen LogP contribution in [0, 0.1) is 5.41 Å². The van der Waals surface area contributed by atoms with Gasteiger partial charge in [0.1, 0.15) is 5.82 Å². The predicted molar refractivity (Wildman–Crippen MR) is 64.1 cm³/mol. The Kier molecular flexibility index (Phi) is 2.68. The quantitative estimate of drug-likeness (QED) is 0.699. The van der Waals surface area contributed by atoms with E-state index in [1.807, 2.05) is 12.3 Å². The molecule has 15 heavy (non-hydrogen) atoms. The van der Waals surface area contributed by atoms with Gasteiger partial charge in [-0.15, -0.1) is 0 Å². The Morgan fingerprint density at radius 1 is 1.33 bits per heavy atom. The van der Waals surface area contributed by atoms with Crippen LogP contribution in [0.1, 0.15) is 33.6 Å². The third-order valence-electron chi connectivity index (χ3n) is 3.20. The van der Waals surface area contributed by atoms with E-state index in [0.29, 0.717) is 11.5 Å². The minimum absolute atomic E-state index is 0.341. The van der Waals surface area contributed by atoms with Crippen molar-refractivity contribution in [2.75, 3.05) is 11.4 Å². The molecule has 0 spiro atoms. The Morgan fingerprint density at radius 3 is 2.73 bits per heavy atom. The molecule has 1 saturated heterocycles. The van der Waals surface area contributed by atoms with Gasteiger partial charge in [0.2, 0.25) is 0 Å². The Morgan fingerprint density at radius 2 is 2.13 bits per heavy atom. The second-order valence-electron chi connectivity index (χ2n) is 5.41. The molecule has 0 N–H and O–H groups in total. The SMILES string of the molecule is CC(C)(C)C1CCCN1c1ccccn1. The number of aromatic nitrogens is 1. The fraction of sp³-hybridized carbons (Fsp3) is 0.615. The fourth-order valence-corrected chi connectivity index (χ4v) is 2.47. The molecule has 1 fully saturated rings. The first kappa shape index (κ1) is 10.5. The van der Waals surface area contributed by atoms with E-state index in [9.17, 15) is 0 Å². The van der Waals surface area contributed by atoms with Crippen LogP contribution in [0.5, 0.6) is 0 Å². The molecular weight excluding hydrogens is 184 g/mol. The van der Waals surface area contributed by atoms with Crippen molar-refractivity contribution in [3.8, 4) is 0 Å². The first-order valence-corrected chi connectivity index (χ1v) is 5.77. The van der Waals surface area contributed by atoms with Crippen molar-refractivity contribution < 1.29 is 0 Å². The van der Waals surface area contributed by atoms with E-state index in [4.69, 9.17) is 0 Å². The van der Waals surface area contributed by atoms with Crippen molar-refractivity contribution >= 4 is 5.82 Å². The number of pyridine rings is 1. The maximum atomic E-state index is 4.45. The highest BCUT2D eigenvalue weighted by atomic mass is 15.2. The molecular formula is C13H20N2. The van der Waals surface area contributed by atoms with Gasteiger partial charge in [-0.1, -0.05) is 26.8 Å². The number of rotatable bonds is 1. The first-order valence-electron chi connectivity index (χ1n) is 5.77. The van der Waals surface area contributed by atoms with E-state index in [1.54, 1.807) is 0 Å². The van der Waals surface area contributed by atoms with Crippen molar-refractivity contribution in [3.63, 3.8) is 0 Å². The van der Waals surface area contributed by atoms with Gasteiger partial charge in [-0.3, -0.25) is 0 Å². The number of hydrogen-bond acceptors (Lipinski definition) is 2. The van der Waals surface area contributed by atoms with Crippen LogP contribution in [0.2, 0.25) is 0 Å². The maximum absolute atomic E-state index is 4.45. The van der Waals surface area contributed by atoms with E-state index < -0.39 is 0 Å². The summed E-state index contributed by atoms with van der Waals surface area (Å²) in [5.74, 6) is 1.13. The molecule has 2 nitrogen and oxygen atoms in total. The predicted octanol–water partition coefficient (Wildman–Crippen LogP) is 3.10. The summed E-state index contributed by atoms with van der Waals surface area (Å²) in [4.78, 5) is 6.91. The van der Waals surface area contributed by atoms with Crippen molar-refractivity contribution in [2.45, 2.75) is 39.7 Å². The van der Waals surface area contributed by atoms with E-state index >= 15 is 0 Å². The highest BCUT2D eigenvalue weighted by Crippen LogP contribution is 2.34. The molecule has 82 valence electrons. The summed E-state index contributed by atoms with van der Waals surface area (Å²) in [5, 5.41) is 0. The maximum Gasteiger partial charge on any atom is 0.128 e. The molecule has 1 aromatic rings.